The summed E-state index contributed by atoms with van der Waals surface area (Å²) in [6.07, 6.45) is 0. The first-order valence-electron chi connectivity index (χ1n) is 3.74. The van der Waals surface area contributed by atoms with Crippen molar-refractivity contribution in [1.82, 2.24) is 0 Å². The summed E-state index contributed by atoms with van der Waals surface area (Å²) < 4.78 is 11.0. The summed E-state index contributed by atoms with van der Waals surface area (Å²) in [5, 5.41) is 0. The van der Waals surface area contributed by atoms with Crippen LogP contribution < -0.4 is 0 Å². The second kappa shape index (κ2) is 4.09. The zero-order chi connectivity index (χ0) is 9.12. The number of hydrogen-bond acceptors (Lipinski definition) is 2. The fourth-order valence-corrected chi connectivity index (χ4v) is 1.48. The topological polar surface area (TPSA) is 18.5 Å². The van der Waals surface area contributed by atoms with Crippen LogP contribution in [-0.4, -0.2) is 32.9 Å². The van der Waals surface area contributed by atoms with Crippen molar-refractivity contribution in [2.75, 3.05) is 0 Å². The number of rotatable bonds is 2. The van der Waals surface area contributed by atoms with Gasteiger partial charge in [-0.1, -0.05) is 0 Å². The first-order valence-corrected chi connectivity index (χ1v) is 5.64. The molecule has 0 bridgehead atoms. The Bertz CT molecular complexity index is 96.2. The fourth-order valence-electron chi connectivity index (χ4n) is 0.221. The SMILES string of the molecule is CC(C)(C)O[Te]OC(C)(C)C. The van der Waals surface area contributed by atoms with E-state index in [1.807, 2.05) is 41.5 Å². The Morgan fingerprint density at radius 1 is 0.727 bits per heavy atom. The molecule has 0 aliphatic rings. The summed E-state index contributed by atoms with van der Waals surface area (Å²) >= 11 is -0.723. The predicted octanol–water partition coefficient (Wildman–Crippen LogP) is 2.15. The van der Waals surface area contributed by atoms with Crippen LogP contribution in [0, 0.1) is 0 Å². The first-order chi connectivity index (χ1) is 4.71. The molecule has 0 aromatic heterocycles. The molecule has 0 spiro atoms. The van der Waals surface area contributed by atoms with Crippen LogP contribution in [0.5, 0.6) is 0 Å². The molecule has 0 atom stereocenters. The quantitative estimate of drug-likeness (QED) is 0.718. The van der Waals surface area contributed by atoms with Gasteiger partial charge in [0.2, 0.25) is 0 Å². The van der Waals surface area contributed by atoms with Gasteiger partial charge in [-0.15, -0.1) is 0 Å². The van der Waals surface area contributed by atoms with Gasteiger partial charge in [0.15, 0.2) is 0 Å². The minimum atomic E-state index is -0.723. The molecule has 0 radical (unpaired) electrons. The molecule has 68 valence electrons. The van der Waals surface area contributed by atoms with E-state index in [2.05, 4.69) is 0 Å². The van der Waals surface area contributed by atoms with Gasteiger partial charge >= 0.3 is 80.7 Å². The van der Waals surface area contributed by atoms with Crippen molar-refractivity contribution in [3.8, 4) is 0 Å². The molecule has 0 saturated heterocycles. The maximum atomic E-state index is 5.51. The molecule has 0 amide bonds. The predicted molar refractivity (Wildman–Crippen MR) is 47.4 cm³/mol. The standard InChI is InChI=1S/C8H18O2Te/c1-7(2,3)9-11-10-8(4,5)6/h1-6H3. The molecule has 0 aliphatic carbocycles. The van der Waals surface area contributed by atoms with Crippen molar-refractivity contribution < 1.29 is 6.20 Å². The van der Waals surface area contributed by atoms with Crippen LogP contribution in [0.4, 0.5) is 0 Å². The van der Waals surface area contributed by atoms with E-state index >= 15 is 0 Å². The zero-order valence-electron chi connectivity index (χ0n) is 8.22. The Morgan fingerprint density at radius 2 is 1.00 bits per heavy atom. The molecule has 0 rings (SSSR count). The molecule has 0 aliphatic heterocycles. The Balaban J connectivity index is 3.44. The third-order valence-corrected chi connectivity index (χ3v) is 3.81. The van der Waals surface area contributed by atoms with Gasteiger partial charge in [-0.05, 0) is 0 Å². The number of hydrogen-bond donors (Lipinski definition) is 0. The molecule has 0 unspecified atom stereocenters. The van der Waals surface area contributed by atoms with E-state index in [1.54, 1.807) is 0 Å². The van der Waals surface area contributed by atoms with E-state index in [4.69, 9.17) is 6.20 Å². The van der Waals surface area contributed by atoms with E-state index in [0.29, 0.717) is 0 Å². The van der Waals surface area contributed by atoms with Gasteiger partial charge in [0, 0.05) is 0 Å². The molecule has 0 aromatic carbocycles. The fraction of sp³-hybridized carbons (Fsp3) is 1.00. The molecule has 3 heteroatoms. The second-order valence-electron chi connectivity index (χ2n) is 4.46. The molecular formula is C8H18O2Te. The molecular weight excluding hydrogens is 256 g/mol. The average molecular weight is 274 g/mol. The van der Waals surface area contributed by atoms with E-state index < -0.39 is 21.7 Å². The van der Waals surface area contributed by atoms with Gasteiger partial charge in [0.1, 0.15) is 0 Å². The molecule has 0 N–H and O–H groups in total. The molecule has 0 aromatic rings. The van der Waals surface area contributed by atoms with Crippen LogP contribution in [-0.2, 0) is 6.20 Å². The molecule has 0 saturated carbocycles. The summed E-state index contributed by atoms with van der Waals surface area (Å²) in [5.41, 5.74) is -0.0962. The maximum absolute atomic E-state index is 5.51. The van der Waals surface area contributed by atoms with E-state index in [-0.39, 0.29) is 11.2 Å². The van der Waals surface area contributed by atoms with E-state index in [9.17, 15) is 0 Å². The van der Waals surface area contributed by atoms with Crippen molar-refractivity contribution in [3.05, 3.63) is 0 Å². The first kappa shape index (κ1) is 11.7. The van der Waals surface area contributed by atoms with Crippen LogP contribution in [0.3, 0.4) is 0 Å². The third-order valence-electron chi connectivity index (χ3n) is 0.568. The van der Waals surface area contributed by atoms with Crippen LogP contribution in [0.25, 0.3) is 0 Å². The monoisotopic (exact) mass is 276 g/mol. The summed E-state index contributed by atoms with van der Waals surface area (Å²) in [7, 11) is 0. The van der Waals surface area contributed by atoms with Crippen LogP contribution in [0.15, 0.2) is 0 Å². The van der Waals surface area contributed by atoms with Crippen molar-refractivity contribution in [3.63, 3.8) is 0 Å². The molecule has 11 heavy (non-hydrogen) atoms. The summed E-state index contributed by atoms with van der Waals surface area (Å²) in [5.74, 6) is 0. The van der Waals surface area contributed by atoms with Gasteiger partial charge in [-0.25, -0.2) is 0 Å². The summed E-state index contributed by atoms with van der Waals surface area (Å²) in [6, 6.07) is 0. The molecule has 2 nitrogen and oxygen atoms in total. The van der Waals surface area contributed by atoms with Crippen LogP contribution >= 0.6 is 0 Å². The Kier molecular flexibility index (Phi) is 4.36. The van der Waals surface area contributed by atoms with Gasteiger partial charge in [-0.2, -0.15) is 0 Å². The van der Waals surface area contributed by atoms with Gasteiger partial charge in [0.05, 0.1) is 0 Å². The van der Waals surface area contributed by atoms with Crippen molar-refractivity contribution in [1.29, 1.82) is 0 Å². The van der Waals surface area contributed by atoms with Gasteiger partial charge in [0.25, 0.3) is 0 Å². The Labute approximate surface area is 80.8 Å². The van der Waals surface area contributed by atoms with Crippen molar-refractivity contribution >= 4 is 21.7 Å². The Morgan fingerprint density at radius 3 is 1.18 bits per heavy atom. The summed E-state index contributed by atoms with van der Waals surface area (Å²) in [4.78, 5) is 0. The van der Waals surface area contributed by atoms with Crippen LogP contribution in [0.2, 0.25) is 0 Å². The van der Waals surface area contributed by atoms with Crippen LogP contribution in [0.1, 0.15) is 41.5 Å². The van der Waals surface area contributed by atoms with E-state index in [1.165, 1.54) is 0 Å². The summed E-state index contributed by atoms with van der Waals surface area (Å²) in [6.45, 7) is 12.3. The molecule has 0 fully saturated rings. The van der Waals surface area contributed by atoms with Crippen molar-refractivity contribution in [2.45, 2.75) is 52.7 Å². The Hall–Kier alpha value is 0.710. The zero-order valence-corrected chi connectivity index (χ0v) is 10.6. The van der Waals surface area contributed by atoms with Gasteiger partial charge in [-0.3, -0.25) is 0 Å². The molecule has 0 heterocycles. The van der Waals surface area contributed by atoms with Crippen molar-refractivity contribution in [2.24, 2.45) is 0 Å². The minimum absolute atomic E-state index is 0.0481. The average Bonchev–Trinajstić information content (AvgIpc) is 1.55. The normalized spacial score (nSPS) is 13.6. The van der Waals surface area contributed by atoms with Gasteiger partial charge < -0.3 is 0 Å². The van der Waals surface area contributed by atoms with E-state index in [0.717, 1.165) is 0 Å². The third kappa shape index (κ3) is 10.7. The second-order valence-corrected chi connectivity index (χ2v) is 5.80.